The molecule has 3 heterocycles. The van der Waals surface area contributed by atoms with Crippen molar-refractivity contribution in [3.8, 4) is 0 Å². The molecular weight excluding hydrogens is 381 g/mol. The molecule has 0 bridgehead atoms. The molecule has 0 radical (unpaired) electrons. The first-order valence-corrected chi connectivity index (χ1v) is 8.46. The van der Waals surface area contributed by atoms with E-state index in [1.54, 1.807) is 30.3 Å². The minimum atomic E-state index is -4.54. The molecule has 0 fully saturated rings. The van der Waals surface area contributed by atoms with Crippen LogP contribution in [0.4, 0.5) is 24.5 Å². The molecule has 0 amide bonds. The van der Waals surface area contributed by atoms with Gasteiger partial charge >= 0.3 is 6.18 Å². The van der Waals surface area contributed by atoms with Gasteiger partial charge in [0.25, 0.3) is 0 Å². The summed E-state index contributed by atoms with van der Waals surface area (Å²) >= 11 is 6.01. The summed E-state index contributed by atoms with van der Waals surface area (Å²) in [6, 6.07) is 7.69. The molecular formula is C18H14ClF3N4O. The number of halogens is 4. The lowest BCUT2D eigenvalue weighted by atomic mass is 10.1. The maximum Gasteiger partial charge on any atom is 0.416 e. The summed E-state index contributed by atoms with van der Waals surface area (Å²) in [6.45, 7) is 0.384. The van der Waals surface area contributed by atoms with Crippen LogP contribution in [0.2, 0.25) is 5.15 Å². The van der Waals surface area contributed by atoms with E-state index in [0.29, 0.717) is 23.1 Å². The Morgan fingerprint density at radius 3 is 2.74 bits per heavy atom. The van der Waals surface area contributed by atoms with Crippen LogP contribution in [0.15, 0.2) is 42.6 Å². The summed E-state index contributed by atoms with van der Waals surface area (Å²) in [7, 11) is 1.73. The lowest BCUT2D eigenvalue weighted by molar-refractivity contribution is -0.137. The van der Waals surface area contributed by atoms with Gasteiger partial charge in [0.15, 0.2) is 11.2 Å². The van der Waals surface area contributed by atoms with Crippen molar-refractivity contribution in [3.63, 3.8) is 0 Å². The number of quaternary nitrogens is 1. The van der Waals surface area contributed by atoms with Crippen molar-refractivity contribution in [2.45, 2.75) is 12.7 Å². The van der Waals surface area contributed by atoms with Crippen LogP contribution in [0.3, 0.4) is 0 Å². The predicted molar refractivity (Wildman–Crippen MR) is 97.1 cm³/mol. The van der Waals surface area contributed by atoms with E-state index >= 15 is 0 Å². The van der Waals surface area contributed by atoms with Gasteiger partial charge in [-0.25, -0.2) is 4.98 Å². The number of fused-ring (bicyclic) bond motifs is 3. The summed E-state index contributed by atoms with van der Waals surface area (Å²) in [5.41, 5.74) is 0.770. The highest BCUT2D eigenvalue weighted by atomic mass is 35.5. The zero-order valence-corrected chi connectivity index (χ0v) is 14.9. The second kappa shape index (κ2) is 6.13. The molecule has 1 aliphatic heterocycles. The second-order valence-electron chi connectivity index (χ2n) is 6.58. The number of hydroxylamine groups is 1. The van der Waals surface area contributed by atoms with Gasteiger partial charge in [0.05, 0.1) is 11.1 Å². The molecule has 0 saturated heterocycles. The zero-order chi connectivity index (χ0) is 19.4. The Labute approximate surface area is 157 Å². The van der Waals surface area contributed by atoms with Crippen molar-refractivity contribution < 1.29 is 13.2 Å². The fraction of sp³-hybridized carbons (Fsp3) is 0.222. The first-order valence-electron chi connectivity index (χ1n) is 8.08. The largest absolute Gasteiger partial charge is 0.621 e. The third-order valence-corrected chi connectivity index (χ3v) is 4.77. The minimum Gasteiger partial charge on any atom is -0.621 e. The minimum absolute atomic E-state index is 0.0214. The van der Waals surface area contributed by atoms with E-state index in [0.717, 1.165) is 12.1 Å². The first-order chi connectivity index (χ1) is 12.7. The number of hydrogen-bond acceptors (Lipinski definition) is 4. The van der Waals surface area contributed by atoms with Crippen molar-refractivity contribution in [2.24, 2.45) is 0 Å². The molecule has 0 saturated carbocycles. The van der Waals surface area contributed by atoms with Crippen molar-refractivity contribution in [2.75, 3.05) is 13.7 Å². The van der Waals surface area contributed by atoms with E-state index < -0.39 is 16.4 Å². The van der Waals surface area contributed by atoms with Gasteiger partial charge in [-0.15, -0.1) is 0 Å². The maximum atomic E-state index is 14.0. The molecule has 27 heavy (non-hydrogen) atoms. The molecule has 0 spiro atoms. The van der Waals surface area contributed by atoms with Crippen LogP contribution >= 0.6 is 11.6 Å². The molecule has 1 aromatic carbocycles. The van der Waals surface area contributed by atoms with E-state index in [1.807, 2.05) is 0 Å². The van der Waals surface area contributed by atoms with Crippen LogP contribution in [0.1, 0.15) is 11.1 Å². The highest BCUT2D eigenvalue weighted by Crippen LogP contribution is 2.44. The Bertz CT molecular complexity index is 1040. The normalized spacial score (nSPS) is 20.7. The molecule has 2 aromatic heterocycles. The Morgan fingerprint density at radius 1 is 1.22 bits per heavy atom. The molecule has 1 atom stereocenters. The SMILES string of the molecule is CN1Cc2cnc3ccc(Cl)nc3c2[N+]([O-])(c2cccc(C(F)(F)F)c2)C1. The Morgan fingerprint density at radius 2 is 2.00 bits per heavy atom. The lowest BCUT2D eigenvalue weighted by Crippen LogP contribution is -2.50. The lowest BCUT2D eigenvalue weighted by Gasteiger charge is -2.47. The number of benzene rings is 1. The van der Waals surface area contributed by atoms with E-state index in [4.69, 9.17) is 11.6 Å². The molecule has 0 aliphatic carbocycles. The molecule has 140 valence electrons. The van der Waals surface area contributed by atoms with Gasteiger partial charge in [-0.3, -0.25) is 14.5 Å². The summed E-state index contributed by atoms with van der Waals surface area (Å²) in [5.74, 6) is 0. The van der Waals surface area contributed by atoms with Gasteiger partial charge in [0.2, 0.25) is 0 Å². The molecule has 1 aliphatic rings. The van der Waals surface area contributed by atoms with Crippen molar-refractivity contribution in [3.05, 3.63) is 64.1 Å². The Kier molecular flexibility index (Phi) is 4.12. The molecule has 1 unspecified atom stereocenters. The Balaban J connectivity index is 2.01. The molecule has 0 N–H and O–H groups in total. The van der Waals surface area contributed by atoms with Crippen LogP contribution in [-0.4, -0.2) is 28.6 Å². The van der Waals surface area contributed by atoms with Crippen LogP contribution in [0, 0.1) is 5.21 Å². The zero-order valence-electron chi connectivity index (χ0n) is 14.2. The van der Waals surface area contributed by atoms with Gasteiger partial charge < -0.3 is 5.21 Å². The quantitative estimate of drug-likeness (QED) is 0.336. The predicted octanol–water partition coefficient (Wildman–Crippen LogP) is 4.84. The number of aromatic nitrogens is 2. The van der Waals surface area contributed by atoms with Gasteiger partial charge in [0.1, 0.15) is 17.5 Å². The summed E-state index contributed by atoms with van der Waals surface area (Å²) < 4.78 is 38.4. The number of alkyl halides is 3. The summed E-state index contributed by atoms with van der Waals surface area (Å²) in [5, 5.41) is 14.2. The molecule has 3 aromatic rings. The fourth-order valence-corrected chi connectivity index (χ4v) is 3.60. The van der Waals surface area contributed by atoms with E-state index in [1.165, 1.54) is 12.1 Å². The molecule has 9 heteroatoms. The standard InChI is InChI=1S/C18H14ClF3N4O/c1-25-9-11-8-23-14-5-6-15(19)24-16(14)17(11)26(27,10-25)13-4-2-3-12(7-13)18(20,21)22/h2-8H,9-10H2,1H3. The molecule has 5 nitrogen and oxygen atoms in total. The van der Waals surface area contributed by atoms with Gasteiger partial charge in [-0.2, -0.15) is 13.2 Å². The monoisotopic (exact) mass is 394 g/mol. The summed E-state index contributed by atoms with van der Waals surface area (Å²) in [6.07, 6.45) is -2.97. The highest BCUT2D eigenvalue weighted by molar-refractivity contribution is 6.29. The smallest absolute Gasteiger partial charge is 0.416 e. The number of rotatable bonds is 1. The van der Waals surface area contributed by atoms with Crippen LogP contribution < -0.4 is 4.65 Å². The number of pyridine rings is 2. The van der Waals surface area contributed by atoms with Gasteiger partial charge in [-0.1, -0.05) is 17.7 Å². The van der Waals surface area contributed by atoms with E-state index in [-0.39, 0.29) is 23.2 Å². The summed E-state index contributed by atoms with van der Waals surface area (Å²) in [4.78, 5) is 10.3. The first kappa shape index (κ1) is 18.1. The fourth-order valence-electron chi connectivity index (χ4n) is 3.46. The second-order valence-corrected chi connectivity index (χ2v) is 6.96. The van der Waals surface area contributed by atoms with Gasteiger partial charge in [-0.05, 0) is 31.3 Å². The third kappa shape index (κ3) is 3.04. The van der Waals surface area contributed by atoms with Crippen molar-refractivity contribution >= 4 is 34.0 Å². The number of nitrogens with zero attached hydrogens (tertiary/aromatic N) is 4. The maximum absolute atomic E-state index is 14.0. The van der Waals surface area contributed by atoms with Crippen LogP contribution in [0.25, 0.3) is 11.0 Å². The third-order valence-electron chi connectivity index (χ3n) is 4.56. The van der Waals surface area contributed by atoms with Gasteiger partial charge in [0, 0.05) is 24.4 Å². The van der Waals surface area contributed by atoms with E-state index in [2.05, 4.69) is 9.97 Å². The average Bonchev–Trinajstić information content (AvgIpc) is 2.60. The average molecular weight is 395 g/mol. The van der Waals surface area contributed by atoms with Crippen LogP contribution in [0.5, 0.6) is 0 Å². The number of hydrogen-bond donors (Lipinski definition) is 0. The topological polar surface area (TPSA) is 52.1 Å². The van der Waals surface area contributed by atoms with Crippen molar-refractivity contribution in [1.82, 2.24) is 19.5 Å². The molecule has 4 rings (SSSR count). The van der Waals surface area contributed by atoms with Crippen LogP contribution in [-0.2, 0) is 12.7 Å². The highest BCUT2D eigenvalue weighted by Gasteiger charge is 2.38. The van der Waals surface area contributed by atoms with E-state index in [9.17, 15) is 18.4 Å². The van der Waals surface area contributed by atoms with Crippen molar-refractivity contribution in [1.29, 1.82) is 0 Å². The Hall–Kier alpha value is -2.26.